The van der Waals surface area contributed by atoms with Gasteiger partial charge in [0.15, 0.2) is 0 Å². The fraction of sp³-hybridized carbons (Fsp3) is 0.269. The summed E-state index contributed by atoms with van der Waals surface area (Å²) in [5.41, 5.74) is 1.86. The van der Waals surface area contributed by atoms with Gasteiger partial charge in [0.25, 0.3) is 15.9 Å². The van der Waals surface area contributed by atoms with Gasteiger partial charge in [0.2, 0.25) is 0 Å². The SMILES string of the molecule is CCN(c1ccccc1)S(=O)(=O)c1cccc(C(=O)NCC(c2cccc(OC)c2)N(C)C)c1. The molecule has 0 saturated heterocycles. The minimum Gasteiger partial charge on any atom is -0.497 e. The molecule has 1 atom stereocenters. The van der Waals surface area contributed by atoms with Crippen LogP contribution in [0, 0.1) is 0 Å². The number of ether oxygens (including phenoxy) is 1. The van der Waals surface area contributed by atoms with E-state index in [1.54, 1.807) is 50.4 Å². The van der Waals surface area contributed by atoms with Crippen molar-refractivity contribution >= 4 is 21.6 Å². The quantitative estimate of drug-likeness (QED) is 0.475. The van der Waals surface area contributed by atoms with Crippen LogP contribution in [0.2, 0.25) is 0 Å². The molecule has 0 spiro atoms. The maximum Gasteiger partial charge on any atom is 0.264 e. The predicted molar refractivity (Wildman–Crippen MR) is 135 cm³/mol. The lowest BCUT2D eigenvalue weighted by molar-refractivity contribution is 0.0941. The number of amides is 1. The highest BCUT2D eigenvalue weighted by atomic mass is 32.2. The molecule has 0 heterocycles. The first kappa shape index (κ1) is 25.3. The minimum absolute atomic E-state index is 0.0720. The second-order valence-corrected chi connectivity index (χ2v) is 9.86. The van der Waals surface area contributed by atoms with E-state index in [2.05, 4.69) is 5.32 Å². The summed E-state index contributed by atoms with van der Waals surface area (Å²) < 4.78 is 33.3. The number of nitrogens with one attached hydrogen (secondary N) is 1. The van der Waals surface area contributed by atoms with Crippen molar-refractivity contribution in [1.82, 2.24) is 10.2 Å². The lowest BCUT2D eigenvalue weighted by Crippen LogP contribution is -2.35. The van der Waals surface area contributed by atoms with E-state index in [9.17, 15) is 13.2 Å². The summed E-state index contributed by atoms with van der Waals surface area (Å²) in [7, 11) is 1.66. The highest BCUT2D eigenvalue weighted by Gasteiger charge is 2.24. The molecule has 180 valence electrons. The number of likely N-dealkylation sites (N-methyl/N-ethyl adjacent to an activating group) is 1. The molecule has 34 heavy (non-hydrogen) atoms. The van der Waals surface area contributed by atoms with Gasteiger partial charge in [0, 0.05) is 18.7 Å². The number of nitrogens with zero attached hydrogens (tertiary/aromatic N) is 2. The van der Waals surface area contributed by atoms with Crippen LogP contribution < -0.4 is 14.4 Å². The Morgan fingerprint density at radius 2 is 1.68 bits per heavy atom. The predicted octanol–water partition coefficient (Wildman–Crippen LogP) is 3.94. The van der Waals surface area contributed by atoms with Gasteiger partial charge in [-0.2, -0.15) is 0 Å². The molecule has 1 amide bonds. The molecular weight excluding hydrogens is 450 g/mol. The first-order valence-electron chi connectivity index (χ1n) is 11.0. The van der Waals surface area contributed by atoms with E-state index >= 15 is 0 Å². The second-order valence-electron chi connectivity index (χ2n) is 8.00. The second kappa shape index (κ2) is 11.2. The van der Waals surface area contributed by atoms with E-state index in [1.807, 2.05) is 49.3 Å². The van der Waals surface area contributed by atoms with Crippen molar-refractivity contribution in [2.24, 2.45) is 0 Å². The maximum absolute atomic E-state index is 13.3. The average Bonchev–Trinajstić information content (AvgIpc) is 2.85. The van der Waals surface area contributed by atoms with Gasteiger partial charge in [-0.25, -0.2) is 8.42 Å². The van der Waals surface area contributed by atoms with E-state index < -0.39 is 10.0 Å². The molecule has 1 N–H and O–H groups in total. The normalized spacial score (nSPS) is 12.3. The lowest BCUT2D eigenvalue weighted by atomic mass is 10.1. The van der Waals surface area contributed by atoms with Crippen LogP contribution in [0.4, 0.5) is 5.69 Å². The Labute approximate surface area is 202 Å². The van der Waals surface area contributed by atoms with E-state index in [1.165, 1.54) is 16.4 Å². The summed E-state index contributed by atoms with van der Waals surface area (Å²) in [6, 6.07) is 22.7. The van der Waals surface area contributed by atoms with Crippen molar-refractivity contribution in [1.29, 1.82) is 0 Å². The number of benzene rings is 3. The molecule has 0 aromatic heterocycles. The lowest BCUT2D eigenvalue weighted by Gasteiger charge is -2.25. The summed E-state index contributed by atoms with van der Waals surface area (Å²) >= 11 is 0. The van der Waals surface area contributed by atoms with E-state index in [0.29, 0.717) is 12.2 Å². The topological polar surface area (TPSA) is 79.0 Å². The van der Waals surface area contributed by atoms with Crippen molar-refractivity contribution < 1.29 is 17.9 Å². The van der Waals surface area contributed by atoms with Gasteiger partial charge in [-0.3, -0.25) is 9.10 Å². The number of carbonyl (C=O) groups excluding carboxylic acids is 1. The number of rotatable bonds is 10. The van der Waals surface area contributed by atoms with Crippen LogP contribution in [0.1, 0.15) is 28.9 Å². The van der Waals surface area contributed by atoms with Crippen molar-refractivity contribution in [3.8, 4) is 5.75 Å². The summed E-state index contributed by atoms with van der Waals surface area (Å²) in [4.78, 5) is 15.0. The monoisotopic (exact) mass is 481 g/mol. The third-order valence-electron chi connectivity index (χ3n) is 5.57. The highest BCUT2D eigenvalue weighted by molar-refractivity contribution is 7.92. The molecule has 0 bridgehead atoms. The zero-order valence-corrected chi connectivity index (χ0v) is 20.7. The van der Waals surface area contributed by atoms with Crippen molar-refractivity contribution in [3.63, 3.8) is 0 Å². The standard InChI is InChI=1S/C26H31N3O4S/c1-5-29(22-13-7-6-8-14-22)34(31,32)24-16-10-12-21(18-24)26(30)27-19-25(28(2)3)20-11-9-15-23(17-20)33-4/h6-18,25H,5,19H2,1-4H3,(H,27,30). The van der Waals surface area contributed by atoms with Crippen LogP contribution >= 0.6 is 0 Å². The number of carbonyl (C=O) groups is 1. The summed E-state index contributed by atoms with van der Waals surface area (Å²) in [5, 5.41) is 2.94. The third kappa shape index (κ3) is 5.76. The van der Waals surface area contributed by atoms with Gasteiger partial charge in [-0.1, -0.05) is 36.4 Å². The van der Waals surface area contributed by atoms with Gasteiger partial charge in [0.1, 0.15) is 5.75 Å². The molecular formula is C26H31N3O4S. The molecule has 0 fully saturated rings. The first-order valence-corrected chi connectivity index (χ1v) is 12.5. The molecule has 1 unspecified atom stereocenters. The van der Waals surface area contributed by atoms with E-state index in [4.69, 9.17) is 4.74 Å². The van der Waals surface area contributed by atoms with Gasteiger partial charge in [-0.15, -0.1) is 0 Å². The summed E-state index contributed by atoms with van der Waals surface area (Å²) in [5.74, 6) is 0.405. The van der Waals surface area contributed by atoms with Crippen molar-refractivity contribution in [2.75, 3.05) is 38.6 Å². The molecule has 7 nitrogen and oxygen atoms in total. The zero-order chi connectivity index (χ0) is 24.7. The largest absolute Gasteiger partial charge is 0.497 e. The summed E-state index contributed by atoms with van der Waals surface area (Å²) in [6.45, 7) is 2.40. The van der Waals surface area contributed by atoms with Crippen LogP contribution in [0.5, 0.6) is 5.75 Å². The molecule has 8 heteroatoms. The Balaban J connectivity index is 1.80. The number of hydrogen-bond acceptors (Lipinski definition) is 5. The molecule has 3 aromatic carbocycles. The Hall–Kier alpha value is -3.36. The Morgan fingerprint density at radius 1 is 0.971 bits per heavy atom. The average molecular weight is 482 g/mol. The molecule has 0 saturated carbocycles. The first-order chi connectivity index (χ1) is 16.3. The molecule has 3 rings (SSSR count). The van der Waals surface area contributed by atoms with Gasteiger partial charge in [0.05, 0.1) is 23.7 Å². The van der Waals surface area contributed by atoms with Crippen LogP contribution in [-0.2, 0) is 10.0 Å². The fourth-order valence-electron chi connectivity index (χ4n) is 3.75. The van der Waals surface area contributed by atoms with E-state index in [-0.39, 0.29) is 29.0 Å². The van der Waals surface area contributed by atoms with Crippen LogP contribution in [0.15, 0.2) is 83.8 Å². The molecule has 0 radical (unpaired) electrons. The van der Waals surface area contributed by atoms with Crippen molar-refractivity contribution in [2.45, 2.75) is 17.9 Å². The van der Waals surface area contributed by atoms with Crippen molar-refractivity contribution in [3.05, 3.63) is 90.0 Å². The number of methoxy groups -OCH3 is 1. The van der Waals surface area contributed by atoms with Gasteiger partial charge in [-0.05, 0) is 69.0 Å². The highest BCUT2D eigenvalue weighted by Crippen LogP contribution is 2.25. The number of para-hydroxylation sites is 1. The molecule has 0 aliphatic carbocycles. The molecule has 0 aliphatic heterocycles. The van der Waals surface area contributed by atoms with Crippen LogP contribution in [-0.4, -0.2) is 53.5 Å². The smallest absolute Gasteiger partial charge is 0.264 e. The minimum atomic E-state index is -3.82. The molecule has 3 aromatic rings. The molecule has 0 aliphatic rings. The number of sulfonamides is 1. The van der Waals surface area contributed by atoms with E-state index in [0.717, 1.165) is 11.3 Å². The zero-order valence-electron chi connectivity index (χ0n) is 19.9. The van der Waals surface area contributed by atoms with Gasteiger partial charge >= 0.3 is 0 Å². The Kier molecular flexibility index (Phi) is 8.31. The number of anilines is 1. The maximum atomic E-state index is 13.3. The van der Waals surface area contributed by atoms with Gasteiger partial charge < -0.3 is 15.0 Å². The van der Waals surface area contributed by atoms with Crippen LogP contribution in [0.3, 0.4) is 0 Å². The summed E-state index contributed by atoms with van der Waals surface area (Å²) in [6.07, 6.45) is 0. The van der Waals surface area contributed by atoms with Crippen LogP contribution in [0.25, 0.3) is 0 Å². The third-order valence-corrected chi connectivity index (χ3v) is 7.47. The Bertz CT molecular complexity index is 1210. The number of hydrogen-bond donors (Lipinski definition) is 1. The fourth-order valence-corrected chi connectivity index (χ4v) is 5.27. The Morgan fingerprint density at radius 3 is 2.32 bits per heavy atom.